The molecular weight excluding hydrogens is 176 g/mol. The summed E-state index contributed by atoms with van der Waals surface area (Å²) in [4.78, 5) is 7.27. The van der Waals surface area contributed by atoms with Crippen LogP contribution in [0.3, 0.4) is 0 Å². The Balaban J connectivity index is 3.11. The van der Waals surface area contributed by atoms with Crippen LogP contribution in [0.2, 0.25) is 10.1 Å². The maximum Gasteiger partial charge on any atom is 0.212 e. The van der Waals surface area contributed by atoms with Gasteiger partial charge in [-0.05, 0) is 37.0 Å². The van der Waals surface area contributed by atoms with Gasteiger partial charge in [0.15, 0.2) is 0 Å². The predicted octanol–water partition coefficient (Wildman–Crippen LogP) is 2.22. The number of hydrogen-bond donors (Lipinski definition) is 2. The first kappa shape index (κ1) is 11.2. The van der Waals surface area contributed by atoms with E-state index in [0.717, 1.165) is 0 Å². The second-order valence-electron chi connectivity index (χ2n) is 5.52. The summed E-state index contributed by atoms with van der Waals surface area (Å²) in [6.45, 7) is 9.61. The Hall–Kier alpha value is 0.137. The molecule has 1 rings (SSSR count). The minimum atomic E-state index is -1.54. The van der Waals surface area contributed by atoms with E-state index in [0.29, 0.717) is 10.1 Å². The second kappa shape index (κ2) is 3.07. The van der Waals surface area contributed by atoms with Gasteiger partial charge < -0.3 is 9.96 Å². The predicted molar refractivity (Wildman–Crippen MR) is 61.2 cm³/mol. The van der Waals surface area contributed by atoms with E-state index in [1.165, 1.54) is 12.8 Å². The van der Waals surface area contributed by atoms with Crippen molar-refractivity contribution in [3.8, 4) is 0 Å². The molecule has 0 aromatic rings. The summed E-state index contributed by atoms with van der Waals surface area (Å²) in [5, 5.41) is 0.917. The minimum absolute atomic E-state index is 0.458. The molecule has 0 radical (unpaired) electrons. The SMILES string of the molecule is CN[Si]1(NC)C(C)(C)CCC1(C)C. The lowest BCUT2D eigenvalue weighted by atomic mass is 10.0. The molecule has 3 heteroatoms. The van der Waals surface area contributed by atoms with Gasteiger partial charge in [0.2, 0.25) is 8.40 Å². The summed E-state index contributed by atoms with van der Waals surface area (Å²) >= 11 is 0. The zero-order valence-corrected chi connectivity index (χ0v) is 10.9. The van der Waals surface area contributed by atoms with Gasteiger partial charge in [-0.3, -0.25) is 0 Å². The quantitative estimate of drug-likeness (QED) is 0.668. The van der Waals surface area contributed by atoms with E-state index in [-0.39, 0.29) is 0 Å². The molecule has 2 nitrogen and oxygen atoms in total. The van der Waals surface area contributed by atoms with Crippen molar-refractivity contribution in [2.75, 3.05) is 14.1 Å². The molecular formula is C10H24N2Si. The van der Waals surface area contributed by atoms with Crippen LogP contribution >= 0.6 is 0 Å². The molecule has 1 aliphatic rings. The van der Waals surface area contributed by atoms with Gasteiger partial charge in [0.05, 0.1) is 0 Å². The van der Waals surface area contributed by atoms with E-state index in [1.54, 1.807) is 0 Å². The molecule has 0 saturated carbocycles. The van der Waals surface area contributed by atoms with E-state index in [1.807, 2.05) is 0 Å². The van der Waals surface area contributed by atoms with Crippen molar-refractivity contribution in [2.24, 2.45) is 0 Å². The summed E-state index contributed by atoms with van der Waals surface area (Å²) < 4.78 is 0. The van der Waals surface area contributed by atoms with Gasteiger partial charge >= 0.3 is 0 Å². The summed E-state index contributed by atoms with van der Waals surface area (Å²) in [6.07, 6.45) is 2.68. The van der Waals surface area contributed by atoms with Crippen LogP contribution in [0.4, 0.5) is 0 Å². The molecule has 1 heterocycles. The van der Waals surface area contributed by atoms with Crippen LogP contribution in [-0.4, -0.2) is 22.5 Å². The third-order valence-corrected chi connectivity index (χ3v) is 10.2. The average Bonchev–Trinajstić information content (AvgIpc) is 2.20. The number of rotatable bonds is 2. The van der Waals surface area contributed by atoms with Gasteiger partial charge in [0, 0.05) is 0 Å². The van der Waals surface area contributed by atoms with Crippen molar-refractivity contribution in [3.05, 3.63) is 0 Å². The zero-order valence-electron chi connectivity index (χ0n) is 9.91. The maximum atomic E-state index is 3.64. The van der Waals surface area contributed by atoms with Crippen molar-refractivity contribution >= 4 is 8.40 Å². The van der Waals surface area contributed by atoms with Gasteiger partial charge in [-0.15, -0.1) is 0 Å². The molecule has 78 valence electrons. The fourth-order valence-corrected chi connectivity index (χ4v) is 9.18. The molecule has 1 saturated heterocycles. The number of nitrogens with one attached hydrogen (secondary N) is 2. The van der Waals surface area contributed by atoms with E-state index in [9.17, 15) is 0 Å². The molecule has 0 aromatic heterocycles. The van der Waals surface area contributed by atoms with Crippen molar-refractivity contribution in [3.63, 3.8) is 0 Å². The fraction of sp³-hybridized carbons (Fsp3) is 1.00. The first-order valence-electron chi connectivity index (χ1n) is 5.21. The molecule has 0 bridgehead atoms. The summed E-state index contributed by atoms with van der Waals surface area (Å²) in [6, 6.07) is 0. The zero-order chi connectivity index (χ0) is 10.3. The van der Waals surface area contributed by atoms with Crippen LogP contribution in [0.5, 0.6) is 0 Å². The Kier molecular flexibility index (Phi) is 2.65. The van der Waals surface area contributed by atoms with Crippen LogP contribution in [0.25, 0.3) is 0 Å². The first-order chi connectivity index (χ1) is 5.83. The Morgan fingerprint density at radius 2 is 1.15 bits per heavy atom. The average molecular weight is 200 g/mol. The minimum Gasteiger partial charge on any atom is -0.327 e. The Labute approximate surface area is 83.7 Å². The van der Waals surface area contributed by atoms with E-state index in [2.05, 4.69) is 51.8 Å². The summed E-state index contributed by atoms with van der Waals surface area (Å²) in [7, 11) is 2.71. The van der Waals surface area contributed by atoms with Crippen molar-refractivity contribution < 1.29 is 0 Å². The van der Waals surface area contributed by atoms with Gasteiger partial charge in [0.1, 0.15) is 0 Å². The molecule has 0 spiro atoms. The third-order valence-electron chi connectivity index (χ3n) is 4.16. The highest BCUT2D eigenvalue weighted by atomic mass is 28.3. The molecule has 0 unspecified atom stereocenters. The van der Waals surface area contributed by atoms with Gasteiger partial charge in [0.25, 0.3) is 0 Å². The van der Waals surface area contributed by atoms with Crippen LogP contribution in [0, 0.1) is 0 Å². The lowest BCUT2D eigenvalue weighted by molar-refractivity contribution is 0.577. The van der Waals surface area contributed by atoms with Crippen LogP contribution in [0.15, 0.2) is 0 Å². The molecule has 0 aromatic carbocycles. The van der Waals surface area contributed by atoms with Crippen molar-refractivity contribution in [2.45, 2.75) is 50.6 Å². The lowest BCUT2D eigenvalue weighted by Gasteiger charge is -2.46. The van der Waals surface area contributed by atoms with E-state index in [4.69, 9.17) is 0 Å². The normalized spacial score (nSPS) is 29.1. The fourth-order valence-electron chi connectivity index (χ4n) is 3.39. The smallest absolute Gasteiger partial charge is 0.212 e. The van der Waals surface area contributed by atoms with E-state index < -0.39 is 8.40 Å². The standard InChI is InChI=1S/C10H24N2Si/c1-9(2)7-8-10(3,4)13(9,11-5)12-6/h11-12H,7-8H2,1-6H3. The van der Waals surface area contributed by atoms with E-state index >= 15 is 0 Å². The molecule has 2 N–H and O–H groups in total. The van der Waals surface area contributed by atoms with Crippen LogP contribution in [0.1, 0.15) is 40.5 Å². The molecule has 1 fully saturated rings. The van der Waals surface area contributed by atoms with Crippen LogP contribution < -0.4 is 9.96 Å². The van der Waals surface area contributed by atoms with Crippen molar-refractivity contribution in [1.82, 2.24) is 9.96 Å². The molecule has 0 amide bonds. The first-order valence-corrected chi connectivity index (χ1v) is 7.21. The maximum absolute atomic E-state index is 3.64. The van der Waals surface area contributed by atoms with Gasteiger partial charge in [-0.1, -0.05) is 27.7 Å². The van der Waals surface area contributed by atoms with Crippen LogP contribution in [-0.2, 0) is 0 Å². The number of hydrogen-bond acceptors (Lipinski definition) is 2. The monoisotopic (exact) mass is 200 g/mol. The summed E-state index contributed by atoms with van der Waals surface area (Å²) in [5.41, 5.74) is 0. The van der Waals surface area contributed by atoms with Gasteiger partial charge in [-0.25, -0.2) is 0 Å². The molecule has 0 atom stereocenters. The Bertz CT molecular complexity index is 177. The summed E-state index contributed by atoms with van der Waals surface area (Å²) in [5.74, 6) is 0. The largest absolute Gasteiger partial charge is 0.327 e. The topological polar surface area (TPSA) is 24.1 Å². The molecule has 1 aliphatic heterocycles. The lowest BCUT2D eigenvalue weighted by Crippen LogP contribution is -2.68. The van der Waals surface area contributed by atoms with Crippen molar-refractivity contribution in [1.29, 1.82) is 0 Å². The molecule has 13 heavy (non-hydrogen) atoms. The molecule has 0 aliphatic carbocycles. The third kappa shape index (κ3) is 1.29. The Morgan fingerprint density at radius 3 is 1.31 bits per heavy atom. The Morgan fingerprint density at radius 1 is 0.846 bits per heavy atom. The second-order valence-corrected chi connectivity index (χ2v) is 10.7. The highest BCUT2D eigenvalue weighted by Crippen LogP contribution is 2.60. The highest BCUT2D eigenvalue weighted by Gasteiger charge is 2.60. The van der Waals surface area contributed by atoms with Gasteiger partial charge in [-0.2, -0.15) is 0 Å². The highest BCUT2D eigenvalue weighted by molar-refractivity contribution is 6.81.